The molecule has 168 valence electrons. The van der Waals surface area contributed by atoms with E-state index in [4.69, 9.17) is 0 Å². The molecule has 2 fully saturated rings. The smallest absolute Gasteiger partial charge is 0.261 e. The fourth-order valence-corrected chi connectivity index (χ4v) is 4.79. The van der Waals surface area contributed by atoms with Crippen molar-refractivity contribution in [2.75, 3.05) is 11.9 Å². The molecule has 2 aliphatic rings. The minimum atomic E-state index is -0.981. The Bertz CT molecular complexity index is 1210. The Morgan fingerprint density at radius 1 is 1.25 bits per heavy atom. The van der Waals surface area contributed by atoms with Gasteiger partial charge in [0.15, 0.2) is 11.6 Å². The summed E-state index contributed by atoms with van der Waals surface area (Å²) < 4.78 is 16.4. The Labute approximate surface area is 184 Å². The Morgan fingerprint density at radius 3 is 2.78 bits per heavy atom. The summed E-state index contributed by atoms with van der Waals surface area (Å²) in [6, 6.07) is 2.88. The van der Waals surface area contributed by atoms with Gasteiger partial charge in [-0.15, -0.1) is 10.2 Å². The first-order valence-electron chi connectivity index (χ1n) is 10.9. The van der Waals surface area contributed by atoms with Crippen molar-refractivity contribution in [1.82, 2.24) is 30.0 Å². The quantitative estimate of drug-likeness (QED) is 0.637. The maximum absolute atomic E-state index is 14.9. The van der Waals surface area contributed by atoms with Gasteiger partial charge in [0.05, 0.1) is 35.0 Å². The topological polar surface area (TPSA) is 109 Å². The summed E-state index contributed by atoms with van der Waals surface area (Å²) in [5, 5.41) is 22.6. The number of hydrogen-bond donors (Lipinski definition) is 2. The van der Waals surface area contributed by atoms with Crippen LogP contribution in [0, 0.1) is 0 Å². The highest BCUT2D eigenvalue weighted by Gasteiger charge is 2.43. The molecule has 0 saturated carbocycles. The molecular formula is C22H26FN7O2. The van der Waals surface area contributed by atoms with Crippen LogP contribution in [0.15, 0.2) is 29.5 Å². The number of halogens is 1. The molecule has 4 atom stereocenters. The van der Waals surface area contributed by atoms with Gasteiger partial charge in [-0.25, -0.2) is 14.4 Å². The van der Waals surface area contributed by atoms with E-state index in [1.807, 2.05) is 20.9 Å². The van der Waals surface area contributed by atoms with Crippen molar-refractivity contribution < 1.29 is 9.50 Å². The van der Waals surface area contributed by atoms with Gasteiger partial charge in [-0.05, 0) is 45.2 Å². The van der Waals surface area contributed by atoms with E-state index in [-0.39, 0.29) is 35.3 Å². The lowest BCUT2D eigenvalue weighted by molar-refractivity contribution is 0.176. The molecule has 0 radical (unpaired) electrons. The van der Waals surface area contributed by atoms with Crippen molar-refractivity contribution >= 4 is 16.7 Å². The van der Waals surface area contributed by atoms with Crippen LogP contribution in [-0.4, -0.2) is 61.2 Å². The number of phenols is 1. The number of hydrogen-bond acceptors (Lipinski definition) is 8. The average molecular weight is 439 g/mol. The standard InChI is InChI=1S/C22H26FN7O2/c1-11(2)30-10-25-16-7-14(18(31)8-13(16)22(30)32)21-24-9-19(27-28-21)29(3)17-6-12-4-5-15(26-12)20(17)23/h7-12,15,17,20,26,31H,4-6H2,1-3H3/t12?,15?,17?,20-/m1/s1. The number of rotatable bonds is 4. The SMILES string of the molecule is CC(C)n1cnc2cc(-c3ncc(N(C)C4CC5CCC(N5)[C@H]4F)nn3)c(O)cc2c1=O. The number of piperidine rings is 1. The van der Waals surface area contributed by atoms with Crippen LogP contribution in [0.5, 0.6) is 5.75 Å². The van der Waals surface area contributed by atoms with Gasteiger partial charge in [-0.2, -0.15) is 0 Å². The maximum atomic E-state index is 14.9. The number of nitrogens with zero attached hydrogens (tertiary/aromatic N) is 6. The summed E-state index contributed by atoms with van der Waals surface area (Å²) in [6.07, 6.45) is 4.61. The molecule has 2 N–H and O–H groups in total. The van der Waals surface area contributed by atoms with Crippen LogP contribution in [0.3, 0.4) is 0 Å². The third kappa shape index (κ3) is 3.38. The van der Waals surface area contributed by atoms with E-state index in [1.54, 1.807) is 11.0 Å². The monoisotopic (exact) mass is 439 g/mol. The Balaban J connectivity index is 1.44. The van der Waals surface area contributed by atoms with E-state index in [9.17, 15) is 14.3 Å². The van der Waals surface area contributed by atoms with Crippen LogP contribution in [-0.2, 0) is 0 Å². The summed E-state index contributed by atoms with van der Waals surface area (Å²) in [4.78, 5) is 23.1. The molecule has 5 rings (SSSR count). The van der Waals surface area contributed by atoms with E-state index < -0.39 is 6.17 Å². The lowest BCUT2D eigenvalue weighted by Crippen LogP contribution is -2.55. The number of aromatic nitrogens is 5. The van der Waals surface area contributed by atoms with Gasteiger partial charge in [-0.1, -0.05) is 0 Å². The minimum Gasteiger partial charge on any atom is -0.507 e. The van der Waals surface area contributed by atoms with Crippen LogP contribution in [0.4, 0.5) is 10.2 Å². The van der Waals surface area contributed by atoms with Gasteiger partial charge >= 0.3 is 0 Å². The minimum absolute atomic E-state index is 0.0441. The molecule has 1 aromatic carbocycles. The fraction of sp³-hybridized carbons (Fsp3) is 0.500. The average Bonchev–Trinajstić information content (AvgIpc) is 3.19. The largest absolute Gasteiger partial charge is 0.507 e. The summed E-state index contributed by atoms with van der Waals surface area (Å²) in [5.74, 6) is 0.555. The molecule has 9 nitrogen and oxygen atoms in total. The van der Waals surface area contributed by atoms with Crippen LogP contribution < -0.4 is 15.8 Å². The zero-order valence-electron chi connectivity index (χ0n) is 18.2. The molecule has 0 amide bonds. The lowest BCUT2D eigenvalue weighted by Gasteiger charge is -2.38. The number of alkyl halides is 1. The number of benzene rings is 1. The molecular weight excluding hydrogens is 413 g/mol. The molecule has 3 unspecified atom stereocenters. The normalized spacial score (nSPS) is 24.9. The highest BCUT2D eigenvalue weighted by Crippen LogP contribution is 2.34. The van der Waals surface area contributed by atoms with Gasteiger partial charge in [0.25, 0.3) is 5.56 Å². The first-order valence-corrected chi connectivity index (χ1v) is 10.9. The summed E-state index contributed by atoms with van der Waals surface area (Å²) in [7, 11) is 1.81. The lowest BCUT2D eigenvalue weighted by atomic mass is 9.96. The highest BCUT2D eigenvalue weighted by atomic mass is 19.1. The molecule has 10 heteroatoms. The second-order valence-corrected chi connectivity index (χ2v) is 8.98. The number of fused-ring (bicyclic) bond motifs is 3. The summed E-state index contributed by atoms with van der Waals surface area (Å²) in [5.41, 5.74) is 0.547. The van der Waals surface area contributed by atoms with Gasteiger partial charge in [0.1, 0.15) is 11.9 Å². The summed E-state index contributed by atoms with van der Waals surface area (Å²) >= 11 is 0. The van der Waals surface area contributed by atoms with Crippen molar-refractivity contribution in [2.45, 2.75) is 63.4 Å². The van der Waals surface area contributed by atoms with E-state index in [0.29, 0.717) is 34.7 Å². The predicted octanol–water partition coefficient (Wildman–Crippen LogP) is 2.20. The van der Waals surface area contributed by atoms with E-state index >= 15 is 0 Å². The van der Waals surface area contributed by atoms with Crippen LogP contribution in [0.2, 0.25) is 0 Å². The molecule has 0 spiro atoms. The summed E-state index contributed by atoms with van der Waals surface area (Å²) in [6.45, 7) is 3.78. The van der Waals surface area contributed by atoms with Gasteiger partial charge in [0.2, 0.25) is 0 Å². The Kier molecular flexibility index (Phi) is 5.04. The Hall–Kier alpha value is -3.14. The third-order valence-corrected chi connectivity index (χ3v) is 6.66. The van der Waals surface area contributed by atoms with E-state index in [0.717, 1.165) is 12.8 Å². The van der Waals surface area contributed by atoms with Crippen molar-refractivity contribution in [3.8, 4) is 17.1 Å². The first-order chi connectivity index (χ1) is 15.3. The van der Waals surface area contributed by atoms with Gasteiger partial charge < -0.3 is 15.3 Å². The van der Waals surface area contributed by atoms with Crippen molar-refractivity contribution in [1.29, 1.82) is 0 Å². The molecule has 32 heavy (non-hydrogen) atoms. The zero-order chi connectivity index (χ0) is 22.6. The number of nitrogens with one attached hydrogen (secondary N) is 1. The number of phenolic OH excluding ortho intramolecular Hbond substituents is 1. The molecule has 0 aliphatic carbocycles. The molecule has 2 bridgehead atoms. The first kappa shape index (κ1) is 20.7. The molecule has 2 aliphatic heterocycles. The molecule has 2 aromatic heterocycles. The molecule has 3 aromatic rings. The van der Waals surface area contributed by atoms with Crippen LogP contribution in [0.25, 0.3) is 22.3 Å². The van der Waals surface area contributed by atoms with Gasteiger partial charge in [-0.3, -0.25) is 9.36 Å². The maximum Gasteiger partial charge on any atom is 0.261 e. The second-order valence-electron chi connectivity index (χ2n) is 8.98. The van der Waals surface area contributed by atoms with Crippen LogP contribution >= 0.6 is 0 Å². The van der Waals surface area contributed by atoms with Crippen molar-refractivity contribution in [3.63, 3.8) is 0 Å². The van der Waals surface area contributed by atoms with Gasteiger partial charge in [0, 0.05) is 25.2 Å². The highest BCUT2D eigenvalue weighted by molar-refractivity contribution is 5.85. The van der Waals surface area contributed by atoms with Crippen molar-refractivity contribution in [3.05, 3.63) is 35.0 Å². The van der Waals surface area contributed by atoms with Crippen molar-refractivity contribution in [2.24, 2.45) is 0 Å². The van der Waals surface area contributed by atoms with E-state index in [2.05, 4.69) is 25.5 Å². The third-order valence-electron chi connectivity index (χ3n) is 6.66. The number of anilines is 1. The van der Waals surface area contributed by atoms with Crippen LogP contribution in [0.1, 0.15) is 39.2 Å². The molecule has 2 saturated heterocycles. The Morgan fingerprint density at radius 2 is 2.06 bits per heavy atom. The molecule has 4 heterocycles. The zero-order valence-corrected chi connectivity index (χ0v) is 18.2. The predicted molar refractivity (Wildman–Crippen MR) is 119 cm³/mol. The fourth-order valence-electron chi connectivity index (χ4n) is 4.79. The second kappa shape index (κ2) is 7.77. The van der Waals surface area contributed by atoms with E-state index in [1.165, 1.54) is 23.2 Å². The number of aromatic hydroxyl groups is 1.